The summed E-state index contributed by atoms with van der Waals surface area (Å²) >= 11 is 0. The summed E-state index contributed by atoms with van der Waals surface area (Å²) in [5.74, 6) is 0.901. The van der Waals surface area contributed by atoms with E-state index in [4.69, 9.17) is 9.47 Å². The molecule has 2 aliphatic rings. The molecule has 0 bridgehead atoms. The molecular weight excluding hydrogens is 178 g/mol. The van der Waals surface area contributed by atoms with E-state index in [2.05, 4.69) is 4.99 Å². The molecule has 3 nitrogen and oxygen atoms in total. The minimum Gasteiger partial charge on any atom is -0.493 e. The zero-order valence-electron chi connectivity index (χ0n) is 8.73. The first-order valence-electron chi connectivity index (χ1n) is 4.82. The number of rotatable bonds is 0. The second-order valence-corrected chi connectivity index (χ2v) is 4.48. The molecule has 0 N–H and O–H groups in total. The molecular formula is C11H15NO2. The standard InChI is InChI=1S/C11H15NO2/c1-11(2,3)14-10-8-5-7-13-9(8)4-6-12-10/h4-9H,1-3H3. The van der Waals surface area contributed by atoms with Crippen molar-refractivity contribution in [2.75, 3.05) is 0 Å². The maximum absolute atomic E-state index is 5.76. The van der Waals surface area contributed by atoms with Crippen LogP contribution in [0.5, 0.6) is 0 Å². The Bertz CT molecular complexity index is 310. The minimum absolute atomic E-state index is 0.0739. The molecule has 2 aliphatic heterocycles. The van der Waals surface area contributed by atoms with Crippen LogP contribution in [-0.2, 0) is 9.47 Å². The summed E-state index contributed by atoms with van der Waals surface area (Å²) in [6.07, 6.45) is 7.46. The summed E-state index contributed by atoms with van der Waals surface area (Å²) in [7, 11) is 0. The van der Waals surface area contributed by atoms with E-state index < -0.39 is 0 Å². The van der Waals surface area contributed by atoms with Crippen LogP contribution in [0.2, 0.25) is 0 Å². The molecule has 0 spiro atoms. The monoisotopic (exact) mass is 193 g/mol. The van der Waals surface area contributed by atoms with E-state index in [0.29, 0.717) is 0 Å². The molecule has 0 amide bonds. The third-order valence-corrected chi connectivity index (χ3v) is 2.05. The van der Waals surface area contributed by atoms with Crippen molar-refractivity contribution in [1.29, 1.82) is 0 Å². The molecule has 0 saturated heterocycles. The molecule has 0 aromatic carbocycles. The zero-order chi connectivity index (χ0) is 10.2. The van der Waals surface area contributed by atoms with Crippen molar-refractivity contribution >= 4 is 5.90 Å². The van der Waals surface area contributed by atoms with Crippen molar-refractivity contribution in [3.63, 3.8) is 0 Å². The summed E-state index contributed by atoms with van der Waals surface area (Å²) in [5.41, 5.74) is -0.203. The Labute approximate surface area is 84.1 Å². The van der Waals surface area contributed by atoms with Crippen LogP contribution in [0.1, 0.15) is 20.8 Å². The second-order valence-electron chi connectivity index (χ2n) is 4.48. The van der Waals surface area contributed by atoms with Gasteiger partial charge >= 0.3 is 0 Å². The maximum Gasteiger partial charge on any atom is 0.199 e. The number of nitrogens with zero attached hydrogens (tertiary/aromatic N) is 1. The molecule has 2 unspecified atom stereocenters. The van der Waals surface area contributed by atoms with Crippen LogP contribution in [0.15, 0.2) is 29.6 Å². The Hall–Kier alpha value is -1.25. The zero-order valence-corrected chi connectivity index (χ0v) is 8.73. The van der Waals surface area contributed by atoms with Gasteiger partial charge in [0.2, 0.25) is 0 Å². The Morgan fingerprint density at radius 2 is 2.14 bits per heavy atom. The largest absolute Gasteiger partial charge is 0.493 e. The lowest BCUT2D eigenvalue weighted by molar-refractivity contribution is 0.0965. The van der Waals surface area contributed by atoms with Crippen LogP contribution in [0.4, 0.5) is 0 Å². The average molecular weight is 193 g/mol. The van der Waals surface area contributed by atoms with Crippen molar-refractivity contribution < 1.29 is 9.47 Å². The lowest BCUT2D eigenvalue weighted by atomic mass is 10.0. The molecule has 14 heavy (non-hydrogen) atoms. The Morgan fingerprint density at radius 3 is 2.86 bits per heavy atom. The van der Waals surface area contributed by atoms with Gasteiger partial charge in [-0.25, -0.2) is 4.99 Å². The van der Waals surface area contributed by atoms with Crippen LogP contribution in [-0.4, -0.2) is 17.6 Å². The molecule has 0 fully saturated rings. The molecule has 3 heteroatoms. The summed E-state index contributed by atoms with van der Waals surface area (Å²) in [4.78, 5) is 4.24. The van der Waals surface area contributed by atoms with Gasteiger partial charge in [0, 0.05) is 6.20 Å². The molecule has 0 radical (unpaired) electrons. The summed E-state index contributed by atoms with van der Waals surface area (Å²) in [5, 5.41) is 0. The lowest BCUT2D eigenvalue weighted by Crippen LogP contribution is -2.33. The van der Waals surface area contributed by atoms with Gasteiger partial charge in [0.05, 0.1) is 12.2 Å². The highest BCUT2D eigenvalue weighted by atomic mass is 16.5. The normalized spacial score (nSPS) is 29.5. The van der Waals surface area contributed by atoms with Gasteiger partial charge < -0.3 is 9.47 Å². The smallest absolute Gasteiger partial charge is 0.199 e. The first-order chi connectivity index (χ1) is 6.56. The van der Waals surface area contributed by atoms with E-state index in [1.807, 2.05) is 32.9 Å². The molecule has 2 rings (SSSR count). The van der Waals surface area contributed by atoms with Crippen LogP contribution in [0.3, 0.4) is 0 Å². The summed E-state index contributed by atoms with van der Waals surface area (Å²) in [6.45, 7) is 6.05. The number of ether oxygens (including phenoxy) is 2. The Morgan fingerprint density at radius 1 is 1.36 bits per heavy atom. The Kier molecular flexibility index (Phi) is 2.10. The first kappa shape index (κ1) is 9.31. The average Bonchev–Trinajstić information content (AvgIpc) is 2.49. The van der Waals surface area contributed by atoms with Gasteiger partial charge in [0.15, 0.2) is 5.90 Å². The molecule has 2 heterocycles. The van der Waals surface area contributed by atoms with E-state index in [1.54, 1.807) is 12.5 Å². The molecule has 0 saturated carbocycles. The molecule has 0 aromatic rings. The fourth-order valence-corrected chi connectivity index (χ4v) is 1.50. The summed E-state index contributed by atoms with van der Waals surface area (Å²) in [6, 6.07) is 0. The lowest BCUT2D eigenvalue weighted by Gasteiger charge is -2.27. The van der Waals surface area contributed by atoms with Crippen LogP contribution in [0.25, 0.3) is 0 Å². The van der Waals surface area contributed by atoms with E-state index in [1.165, 1.54) is 0 Å². The van der Waals surface area contributed by atoms with Crippen molar-refractivity contribution in [3.05, 3.63) is 24.6 Å². The maximum atomic E-state index is 5.76. The van der Waals surface area contributed by atoms with Crippen LogP contribution < -0.4 is 0 Å². The number of aliphatic imine (C=N–C) groups is 1. The van der Waals surface area contributed by atoms with Crippen molar-refractivity contribution in [2.45, 2.75) is 32.5 Å². The minimum atomic E-state index is -0.203. The van der Waals surface area contributed by atoms with E-state index in [9.17, 15) is 0 Å². The first-order valence-corrected chi connectivity index (χ1v) is 4.82. The number of hydrogen-bond donors (Lipinski definition) is 0. The third-order valence-electron chi connectivity index (χ3n) is 2.05. The van der Waals surface area contributed by atoms with E-state index >= 15 is 0 Å². The molecule has 2 atom stereocenters. The van der Waals surface area contributed by atoms with Gasteiger partial charge in [-0.05, 0) is 32.9 Å². The SMILES string of the molecule is CC(C)(C)OC1=NC=CC2OC=CC12. The van der Waals surface area contributed by atoms with E-state index in [-0.39, 0.29) is 17.6 Å². The highest BCUT2D eigenvalue weighted by molar-refractivity contribution is 5.83. The fourth-order valence-electron chi connectivity index (χ4n) is 1.50. The number of fused-ring (bicyclic) bond motifs is 1. The second kappa shape index (κ2) is 3.15. The van der Waals surface area contributed by atoms with Crippen molar-refractivity contribution in [3.8, 4) is 0 Å². The molecule has 0 aliphatic carbocycles. The highest BCUT2D eigenvalue weighted by Crippen LogP contribution is 2.26. The fraction of sp³-hybridized carbons (Fsp3) is 0.545. The van der Waals surface area contributed by atoms with Gasteiger partial charge in [-0.2, -0.15) is 0 Å². The van der Waals surface area contributed by atoms with Crippen LogP contribution in [0, 0.1) is 5.92 Å². The quantitative estimate of drug-likeness (QED) is 0.590. The molecule has 0 aromatic heterocycles. The predicted molar refractivity (Wildman–Crippen MR) is 54.9 cm³/mol. The topological polar surface area (TPSA) is 30.8 Å². The molecule has 76 valence electrons. The van der Waals surface area contributed by atoms with E-state index in [0.717, 1.165) is 5.90 Å². The van der Waals surface area contributed by atoms with Gasteiger partial charge in [0.1, 0.15) is 11.7 Å². The van der Waals surface area contributed by atoms with Gasteiger partial charge in [0.25, 0.3) is 0 Å². The van der Waals surface area contributed by atoms with Gasteiger partial charge in [-0.1, -0.05) is 0 Å². The third kappa shape index (κ3) is 1.81. The van der Waals surface area contributed by atoms with Gasteiger partial charge in [-0.15, -0.1) is 0 Å². The highest BCUT2D eigenvalue weighted by Gasteiger charge is 2.32. The predicted octanol–water partition coefficient (Wildman–Crippen LogP) is 2.26. The van der Waals surface area contributed by atoms with Crippen molar-refractivity contribution in [1.82, 2.24) is 0 Å². The van der Waals surface area contributed by atoms with Gasteiger partial charge in [-0.3, -0.25) is 0 Å². The Balaban J connectivity index is 2.14. The van der Waals surface area contributed by atoms with Crippen molar-refractivity contribution in [2.24, 2.45) is 10.9 Å². The summed E-state index contributed by atoms with van der Waals surface area (Å²) < 4.78 is 11.1. The van der Waals surface area contributed by atoms with Crippen LogP contribution >= 0.6 is 0 Å². The number of hydrogen-bond acceptors (Lipinski definition) is 3.